The van der Waals surface area contributed by atoms with Gasteiger partial charge in [-0.3, -0.25) is 0 Å². The number of aliphatic hydroxyl groups is 1. The van der Waals surface area contributed by atoms with Gasteiger partial charge in [0.15, 0.2) is 0 Å². The lowest BCUT2D eigenvalue weighted by Gasteiger charge is -2.02. The Bertz CT molecular complexity index is 54.9. The average Bonchev–Trinajstić information content (AvgIpc) is 1.80. The van der Waals surface area contributed by atoms with Crippen molar-refractivity contribution >= 4 is 0 Å². The van der Waals surface area contributed by atoms with Crippen molar-refractivity contribution in [1.82, 2.24) is 0 Å². The van der Waals surface area contributed by atoms with Crippen LogP contribution < -0.4 is 5.32 Å². The van der Waals surface area contributed by atoms with Gasteiger partial charge in [0.2, 0.25) is 0 Å². The van der Waals surface area contributed by atoms with Gasteiger partial charge in [-0.1, -0.05) is 0 Å². The van der Waals surface area contributed by atoms with Gasteiger partial charge in [-0.2, -0.15) is 0 Å². The van der Waals surface area contributed by atoms with Crippen molar-refractivity contribution in [3.05, 3.63) is 0 Å². The van der Waals surface area contributed by atoms with E-state index >= 15 is 0 Å². The topological polar surface area (TPSA) is 36.8 Å². The van der Waals surface area contributed by atoms with Gasteiger partial charge < -0.3 is 10.4 Å². The molecule has 0 aliphatic rings. The molecule has 56 valence electrons. The summed E-state index contributed by atoms with van der Waals surface area (Å²) in [5, 5.41) is 10.7. The zero-order chi connectivity index (χ0) is 7.11. The van der Waals surface area contributed by atoms with Crippen molar-refractivity contribution in [1.29, 1.82) is 0 Å². The van der Waals surface area contributed by atoms with E-state index in [1.54, 1.807) is 0 Å². The lowest BCUT2D eigenvalue weighted by molar-refractivity contribution is -0.683. The minimum atomic E-state index is 0.339. The zero-order valence-corrected chi connectivity index (χ0v) is 6.43. The van der Waals surface area contributed by atoms with Crippen LogP contribution in [0, 0.1) is 0 Å². The number of quaternary nitrogens is 1. The van der Waals surface area contributed by atoms with Gasteiger partial charge in [-0.25, -0.2) is 0 Å². The van der Waals surface area contributed by atoms with E-state index in [1.807, 2.05) is 0 Å². The molecule has 0 aliphatic carbocycles. The van der Waals surface area contributed by atoms with Gasteiger partial charge in [0.05, 0.1) is 12.6 Å². The molecule has 2 heteroatoms. The fraction of sp³-hybridized carbons (Fsp3) is 1.00. The average molecular weight is 132 g/mol. The molecule has 0 aromatic carbocycles. The molecule has 2 nitrogen and oxygen atoms in total. The highest BCUT2D eigenvalue weighted by Crippen LogP contribution is 1.79. The first kappa shape index (κ1) is 8.92. The molecule has 0 atom stereocenters. The summed E-state index contributed by atoms with van der Waals surface area (Å²) in [6.07, 6.45) is 2.08. The van der Waals surface area contributed by atoms with Crippen LogP contribution >= 0.6 is 0 Å². The predicted molar refractivity (Wildman–Crippen MR) is 38.2 cm³/mol. The third-order valence-corrected chi connectivity index (χ3v) is 1.25. The molecule has 3 N–H and O–H groups in total. The minimum absolute atomic E-state index is 0.339. The van der Waals surface area contributed by atoms with Crippen LogP contribution in [-0.2, 0) is 0 Å². The molecule has 0 bridgehead atoms. The molecule has 0 amide bonds. The Morgan fingerprint density at radius 1 is 1.33 bits per heavy atom. The van der Waals surface area contributed by atoms with Crippen LogP contribution in [0.3, 0.4) is 0 Å². The van der Waals surface area contributed by atoms with Gasteiger partial charge in [0.25, 0.3) is 0 Å². The van der Waals surface area contributed by atoms with E-state index in [9.17, 15) is 0 Å². The summed E-state index contributed by atoms with van der Waals surface area (Å²) in [4.78, 5) is 0. The van der Waals surface area contributed by atoms with Crippen molar-refractivity contribution in [2.75, 3.05) is 13.2 Å². The van der Waals surface area contributed by atoms with Crippen molar-refractivity contribution in [2.24, 2.45) is 0 Å². The number of aliphatic hydroxyl groups excluding tert-OH is 1. The van der Waals surface area contributed by atoms with E-state index in [2.05, 4.69) is 19.2 Å². The van der Waals surface area contributed by atoms with Crippen LogP contribution in [0.5, 0.6) is 0 Å². The van der Waals surface area contributed by atoms with E-state index in [0.717, 1.165) is 19.4 Å². The largest absolute Gasteiger partial charge is 0.396 e. The molecule has 0 saturated heterocycles. The Hall–Kier alpha value is -0.0800. The van der Waals surface area contributed by atoms with Crippen LogP contribution in [0.2, 0.25) is 0 Å². The van der Waals surface area contributed by atoms with Crippen molar-refractivity contribution < 1.29 is 10.4 Å². The summed E-state index contributed by atoms with van der Waals surface area (Å²) in [5.41, 5.74) is 0. The summed E-state index contributed by atoms with van der Waals surface area (Å²) in [5.74, 6) is 0. The molecule has 0 spiro atoms. The summed E-state index contributed by atoms with van der Waals surface area (Å²) >= 11 is 0. The summed E-state index contributed by atoms with van der Waals surface area (Å²) in [6.45, 7) is 5.85. The fourth-order valence-electron chi connectivity index (χ4n) is 0.707. The van der Waals surface area contributed by atoms with Crippen LogP contribution in [0.25, 0.3) is 0 Å². The molecule has 0 heterocycles. The molecule has 0 aromatic rings. The lowest BCUT2D eigenvalue weighted by Crippen LogP contribution is -2.88. The second-order valence-corrected chi connectivity index (χ2v) is 2.70. The predicted octanol–water partition coefficient (Wildman–Crippen LogP) is -0.269. The summed E-state index contributed by atoms with van der Waals surface area (Å²) < 4.78 is 0. The monoisotopic (exact) mass is 132 g/mol. The quantitative estimate of drug-likeness (QED) is 0.496. The van der Waals surface area contributed by atoms with Gasteiger partial charge in [-0.05, 0) is 26.7 Å². The first-order chi connectivity index (χ1) is 4.27. The Balaban J connectivity index is 2.75. The van der Waals surface area contributed by atoms with Crippen molar-refractivity contribution in [3.63, 3.8) is 0 Å². The third kappa shape index (κ3) is 7.92. The molecule has 0 unspecified atom stereocenters. The fourth-order valence-corrected chi connectivity index (χ4v) is 0.707. The highest BCUT2D eigenvalue weighted by molar-refractivity contribution is 4.33. The molecule has 0 fully saturated rings. The van der Waals surface area contributed by atoms with Crippen LogP contribution in [-0.4, -0.2) is 24.3 Å². The maximum atomic E-state index is 8.42. The molecule has 0 rings (SSSR count). The van der Waals surface area contributed by atoms with E-state index in [0.29, 0.717) is 12.6 Å². The molecule has 0 saturated carbocycles. The van der Waals surface area contributed by atoms with Gasteiger partial charge in [-0.15, -0.1) is 0 Å². The Kier molecular flexibility index (Phi) is 5.99. The number of hydrogen-bond acceptors (Lipinski definition) is 1. The highest BCUT2D eigenvalue weighted by Gasteiger charge is 1.93. The van der Waals surface area contributed by atoms with Gasteiger partial charge in [0.1, 0.15) is 0 Å². The van der Waals surface area contributed by atoms with E-state index in [4.69, 9.17) is 5.11 Å². The maximum Gasteiger partial charge on any atom is 0.0802 e. The second-order valence-electron chi connectivity index (χ2n) is 2.70. The molecular formula is C7H18NO+. The minimum Gasteiger partial charge on any atom is -0.396 e. The van der Waals surface area contributed by atoms with E-state index in [-0.39, 0.29) is 0 Å². The first-order valence-electron chi connectivity index (χ1n) is 3.71. The standard InChI is InChI=1S/C7H17NO/c1-7(2)8-5-3-4-6-9/h7-9H,3-6H2,1-2H3/p+1. The number of nitrogens with two attached hydrogens (primary N) is 1. The van der Waals surface area contributed by atoms with Crippen LogP contribution in [0.15, 0.2) is 0 Å². The van der Waals surface area contributed by atoms with Crippen molar-refractivity contribution in [3.8, 4) is 0 Å². The molecule has 0 aliphatic heterocycles. The first-order valence-corrected chi connectivity index (χ1v) is 3.71. The lowest BCUT2D eigenvalue weighted by atomic mass is 10.3. The molecule has 9 heavy (non-hydrogen) atoms. The Morgan fingerprint density at radius 3 is 2.44 bits per heavy atom. The molecular weight excluding hydrogens is 114 g/mol. The van der Waals surface area contributed by atoms with Gasteiger partial charge >= 0.3 is 0 Å². The van der Waals surface area contributed by atoms with E-state index < -0.39 is 0 Å². The third-order valence-electron chi connectivity index (χ3n) is 1.25. The number of unbranched alkanes of at least 4 members (excludes halogenated alkanes) is 1. The Morgan fingerprint density at radius 2 is 2.00 bits per heavy atom. The molecule has 0 aromatic heterocycles. The van der Waals surface area contributed by atoms with Gasteiger partial charge in [0, 0.05) is 6.61 Å². The van der Waals surface area contributed by atoms with Crippen LogP contribution in [0.4, 0.5) is 0 Å². The SMILES string of the molecule is CC(C)[NH2+]CCCCO. The van der Waals surface area contributed by atoms with E-state index in [1.165, 1.54) is 0 Å². The smallest absolute Gasteiger partial charge is 0.0802 e. The Labute approximate surface area is 57.3 Å². The summed E-state index contributed by atoms with van der Waals surface area (Å²) in [7, 11) is 0. The number of hydrogen-bond donors (Lipinski definition) is 2. The normalized spacial score (nSPS) is 10.7. The second kappa shape index (κ2) is 6.05. The maximum absolute atomic E-state index is 8.42. The van der Waals surface area contributed by atoms with Crippen LogP contribution in [0.1, 0.15) is 26.7 Å². The highest BCUT2D eigenvalue weighted by atomic mass is 16.2. The number of rotatable bonds is 5. The van der Waals surface area contributed by atoms with Crippen molar-refractivity contribution in [2.45, 2.75) is 32.7 Å². The molecule has 0 radical (unpaired) electrons. The summed E-state index contributed by atoms with van der Waals surface area (Å²) in [6, 6.07) is 0.698. The zero-order valence-electron chi connectivity index (χ0n) is 6.43.